The fourth-order valence-electron chi connectivity index (χ4n) is 0.489. The summed E-state index contributed by atoms with van der Waals surface area (Å²) in [7, 11) is 1.72. The van der Waals surface area contributed by atoms with Gasteiger partial charge in [-0.05, 0) is 12.8 Å². The normalized spacial score (nSPS) is 10.3. The zero-order chi connectivity index (χ0) is 5.70. The molecule has 1 atom stereocenters. The quantitative estimate of drug-likeness (QED) is 0.525. The van der Waals surface area contributed by atoms with Gasteiger partial charge in [-0.1, -0.05) is 13.8 Å². The van der Waals surface area contributed by atoms with Crippen molar-refractivity contribution in [2.45, 2.75) is 25.9 Å². The second-order valence-electron chi connectivity index (χ2n) is 1.55. The fourth-order valence-corrected chi connectivity index (χ4v) is 0.489. The lowest BCUT2D eigenvalue weighted by atomic mass is 10.2. The van der Waals surface area contributed by atoms with Crippen molar-refractivity contribution in [3.05, 3.63) is 6.92 Å². The van der Waals surface area contributed by atoms with E-state index in [1.807, 2.05) is 0 Å². The zero-order valence-corrected chi connectivity index (χ0v) is 5.11. The first-order valence-corrected chi connectivity index (χ1v) is 2.67. The Kier molecular flexibility index (Phi) is 4.10. The molecular formula is C6H13O. The minimum atomic E-state index is 0.375. The van der Waals surface area contributed by atoms with E-state index in [0.29, 0.717) is 6.10 Å². The van der Waals surface area contributed by atoms with Gasteiger partial charge in [-0.3, -0.25) is 0 Å². The molecule has 0 aromatic rings. The minimum absolute atomic E-state index is 0.375. The van der Waals surface area contributed by atoms with Crippen LogP contribution in [0.3, 0.4) is 0 Å². The van der Waals surface area contributed by atoms with Gasteiger partial charge in [0.05, 0.1) is 6.10 Å². The maximum atomic E-state index is 4.99. The third-order valence-electron chi connectivity index (χ3n) is 1.11. The van der Waals surface area contributed by atoms with Gasteiger partial charge in [0.2, 0.25) is 0 Å². The molecule has 0 saturated heterocycles. The van der Waals surface area contributed by atoms with Crippen LogP contribution in [0.25, 0.3) is 0 Å². The highest BCUT2D eigenvalue weighted by Crippen LogP contribution is 1.98. The number of methoxy groups -OCH3 is 1. The van der Waals surface area contributed by atoms with Gasteiger partial charge in [0.15, 0.2) is 0 Å². The van der Waals surface area contributed by atoms with Gasteiger partial charge >= 0.3 is 0 Å². The predicted octanol–water partition coefficient (Wildman–Crippen LogP) is 1.64. The van der Waals surface area contributed by atoms with Gasteiger partial charge in [0.25, 0.3) is 0 Å². The van der Waals surface area contributed by atoms with Gasteiger partial charge in [-0.2, -0.15) is 0 Å². The maximum Gasteiger partial charge on any atom is 0.0568 e. The summed E-state index contributed by atoms with van der Waals surface area (Å²) in [5.74, 6) is 0. The standard InChI is InChI=1S/C6H13O/c1-4-6(5-2)7-3/h6H,1,4-5H2,2-3H3. The Balaban J connectivity index is 2.99. The molecule has 0 fully saturated rings. The largest absolute Gasteiger partial charge is 0.381 e. The Morgan fingerprint density at radius 1 is 1.71 bits per heavy atom. The van der Waals surface area contributed by atoms with Crippen LogP contribution in [0.15, 0.2) is 0 Å². The maximum absolute atomic E-state index is 4.99. The monoisotopic (exact) mass is 101 g/mol. The molecule has 0 bridgehead atoms. The van der Waals surface area contributed by atoms with Crippen LogP contribution >= 0.6 is 0 Å². The molecule has 43 valence electrons. The van der Waals surface area contributed by atoms with Crippen molar-refractivity contribution < 1.29 is 4.74 Å². The first-order valence-electron chi connectivity index (χ1n) is 2.67. The van der Waals surface area contributed by atoms with Crippen molar-refractivity contribution in [2.75, 3.05) is 7.11 Å². The second-order valence-corrected chi connectivity index (χ2v) is 1.55. The molecule has 7 heavy (non-hydrogen) atoms. The van der Waals surface area contributed by atoms with Gasteiger partial charge in [-0.15, -0.1) is 0 Å². The number of hydrogen-bond acceptors (Lipinski definition) is 1. The molecule has 1 unspecified atom stereocenters. The van der Waals surface area contributed by atoms with Gasteiger partial charge in [0, 0.05) is 7.11 Å². The molecule has 0 aliphatic heterocycles. The van der Waals surface area contributed by atoms with Crippen LogP contribution in [0.5, 0.6) is 0 Å². The number of hydrogen-bond donors (Lipinski definition) is 0. The van der Waals surface area contributed by atoms with E-state index in [1.165, 1.54) is 0 Å². The lowest BCUT2D eigenvalue weighted by Gasteiger charge is -2.07. The molecular weight excluding hydrogens is 88.1 g/mol. The summed E-state index contributed by atoms with van der Waals surface area (Å²) in [6, 6.07) is 0. The Labute approximate surface area is 45.7 Å². The van der Waals surface area contributed by atoms with E-state index < -0.39 is 0 Å². The molecule has 1 nitrogen and oxygen atoms in total. The number of ether oxygens (including phenoxy) is 1. The molecule has 0 N–H and O–H groups in total. The summed E-state index contributed by atoms with van der Waals surface area (Å²) in [5.41, 5.74) is 0. The van der Waals surface area contributed by atoms with Gasteiger partial charge < -0.3 is 4.74 Å². The van der Waals surface area contributed by atoms with Crippen LogP contribution in [-0.4, -0.2) is 13.2 Å². The molecule has 0 heterocycles. The SMILES string of the molecule is [CH2]CC(CC)OC. The molecule has 1 radical (unpaired) electrons. The highest BCUT2D eigenvalue weighted by molar-refractivity contribution is 4.53. The van der Waals surface area contributed by atoms with E-state index in [0.717, 1.165) is 12.8 Å². The van der Waals surface area contributed by atoms with E-state index in [2.05, 4.69) is 13.8 Å². The van der Waals surface area contributed by atoms with Crippen molar-refractivity contribution in [1.82, 2.24) is 0 Å². The molecule has 0 spiro atoms. The van der Waals surface area contributed by atoms with E-state index in [1.54, 1.807) is 7.11 Å². The van der Waals surface area contributed by atoms with Crippen molar-refractivity contribution in [2.24, 2.45) is 0 Å². The van der Waals surface area contributed by atoms with E-state index >= 15 is 0 Å². The van der Waals surface area contributed by atoms with Gasteiger partial charge in [-0.25, -0.2) is 0 Å². The van der Waals surface area contributed by atoms with E-state index in [9.17, 15) is 0 Å². The van der Waals surface area contributed by atoms with Crippen molar-refractivity contribution in [3.63, 3.8) is 0 Å². The number of rotatable bonds is 3. The summed E-state index contributed by atoms with van der Waals surface area (Å²) < 4.78 is 4.99. The smallest absolute Gasteiger partial charge is 0.0568 e. The molecule has 0 aromatic carbocycles. The molecule has 0 aliphatic carbocycles. The fraction of sp³-hybridized carbons (Fsp3) is 0.833. The third kappa shape index (κ3) is 2.63. The van der Waals surface area contributed by atoms with Crippen LogP contribution in [0.4, 0.5) is 0 Å². The molecule has 0 saturated carbocycles. The minimum Gasteiger partial charge on any atom is -0.381 e. The van der Waals surface area contributed by atoms with Crippen LogP contribution in [-0.2, 0) is 4.74 Å². The van der Waals surface area contributed by atoms with Crippen molar-refractivity contribution in [1.29, 1.82) is 0 Å². The predicted molar refractivity (Wildman–Crippen MR) is 31.1 cm³/mol. The average Bonchev–Trinajstić information content (AvgIpc) is 1.72. The Morgan fingerprint density at radius 3 is 2.29 bits per heavy atom. The van der Waals surface area contributed by atoms with Crippen LogP contribution in [0.1, 0.15) is 19.8 Å². The van der Waals surface area contributed by atoms with Crippen molar-refractivity contribution in [3.8, 4) is 0 Å². The molecule has 0 amide bonds. The highest BCUT2D eigenvalue weighted by atomic mass is 16.5. The zero-order valence-electron chi connectivity index (χ0n) is 5.11. The first-order chi connectivity index (χ1) is 3.35. The molecule has 1 heteroatoms. The lowest BCUT2D eigenvalue weighted by Crippen LogP contribution is -2.05. The first kappa shape index (κ1) is 6.96. The Morgan fingerprint density at radius 2 is 2.29 bits per heavy atom. The highest BCUT2D eigenvalue weighted by Gasteiger charge is 1.96. The van der Waals surface area contributed by atoms with Crippen LogP contribution in [0, 0.1) is 6.92 Å². The van der Waals surface area contributed by atoms with E-state index in [-0.39, 0.29) is 0 Å². The van der Waals surface area contributed by atoms with Crippen molar-refractivity contribution >= 4 is 0 Å². The summed E-state index contributed by atoms with van der Waals surface area (Å²) in [5, 5.41) is 0. The Hall–Kier alpha value is -0.0400. The van der Waals surface area contributed by atoms with Gasteiger partial charge in [0.1, 0.15) is 0 Å². The van der Waals surface area contributed by atoms with E-state index in [4.69, 9.17) is 4.74 Å². The second kappa shape index (κ2) is 4.13. The third-order valence-corrected chi connectivity index (χ3v) is 1.11. The van der Waals surface area contributed by atoms with Crippen LogP contribution in [0.2, 0.25) is 0 Å². The summed E-state index contributed by atoms with van der Waals surface area (Å²) in [4.78, 5) is 0. The molecule has 0 aliphatic rings. The summed E-state index contributed by atoms with van der Waals surface area (Å²) in [6.45, 7) is 5.80. The molecule has 0 rings (SSSR count). The summed E-state index contributed by atoms with van der Waals surface area (Å²) in [6.07, 6.45) is 2.33. The molecule has 0 aromatic heterocycles. The Bertz CT molecular complexity index is 25.7. The topological polar surface area (TPSA) is 9.23 Å². The summed E-state index contributed by atoms with van der Waals surface area (Å²) >= 11 is 0. The average molecular weight is 101 g/mol. The lowest BCUT2D eigenvalue weighted by molar-refractivity contribution is 0.101. The van der Waals surface area contributed by atoms with Crippen LogP contribution < -0.4 is 0 Å².